The highest BCUT2D eigenvalue weighted by atomic mass is 32.1. The Bertz CT molecular complexity index is 1060. The molecule has 4 heterocycles. The second-order valence-electron chi connectivity index (χ2n) is 8.60. The maximum absolute atomic E-state index is 5.85. The minimum Gasteiger partial charge on any atom is -0.378 e. The fraction of sp³-hybridized carbons (Fsp3) is 0.360. The van der Waals surface area contributed by atoms with E-state index in [9.17, 15) is 0 Å². The highest BCUT2D eigenvalue weighted by Gasteiger charge is 2.41. The molecule has 0 spiro atoms. The Kier molecular flexibility index (Phi) is 5.85. The van der Waals surface area contributed by atoms with E-state index >= 15 is 0 Å². The molecule has 2 unspecified atom stereocenters. The van der Waals surface area contributed by atoms with Crippen LogP contribution in [0, 0.1) is 0 Å². The molecule has 1 aromatic carbocycles. The van der Waals surface area contributed by atoms with Crippen molar-refractivity contribution in [3.63, 3.8) is 0 Å². The number of morpholine rings is 1. The number of anilines is 2. The van der Waals surface area contributed by atoms with Crippen molar-refractivity contribution < 1.29 is 4.74 Å². The second-order valence-corrected chi connectivity index (χ2v) is 8.98. The molecule has 6 nitrogen and oxygen atoms in total. The lowest BCUT2D eigenvalue weighted by Gasteiger charge is -2.30. The topological polar surface area (TPSA) is 45.6 Å². The predicted molar refractivity (Wildman–Crippen MR) is 132 cm³/mol. The zero-order chi connectivity index (χ0) is 22.1. The van der Waals surface area contributed by atoms with E-state index in [-0.39, 0.29) is 12.1 Å². The third-order valence-electron chi connectivity index (χ3n) is 6.28. The van der Waals surface area contributed by atoms with Crippen LogP contribution < -0.4 is 15.1 Å². The number of pyridine rings is 1. The lowest BCUT2D eigenvalue weighted by Crippen LogP contribution is -2.36. The summed E-state index contributed by atoms with van der Waals surface area (Å²) in [5.41, 5.74) is 4.52. The van der Waals surface area contributed by atoms with Gasteiger partial charge in [-0.2, -0.15) is 0 Å². The smallest absolute Gasteiger partial charge is 0.174 e. The third kappa shape index (κ3) is 3.98. The van der Waals surface area contributed by atoms with Crippen LogP contribution in [-0.2, 0) is 4.74 Å². The maximum atomic E-state index is 5.85. The molecule has 32 heavy (non-hydrogen) atoms. The summed E-state index contributed by atoms with van der Waals surface area (Å²) in [4.78, 5) is 9.24. The number of benzene rings is 1. The second kappa shape index (κ2) is 8.92. The molecule has 0 radical (unpaired) electrons. The van der Waals surface area contributed by atoms with E-state index in [1.54, 1.807) is 0 Å². The number of nitrogens with zero attached hydrogens (tertiary/aromatic N) is 4. The average Bonchev–Trinajstić information content (AvgIpc) is 3.45. The van der Waals surface area contributed by atoms with Gasteiger partial charge in [0.05, 0.1) is 31.0 Å². The van der Waals surface area contributed by atoms with Crippen molar-refractivity contribution in [3.8, 4) is 0 Å². The molecule has 166 valence electrons. The highest BCUT2D eigenvalue weighted by molar-refractivity contribution is 7.80. The van der Waals surface area contributed by atoms with Gasteiger partial charge in [-0.15, -0.1) is 0 Å². The van der Waals surface area contributed by atoms with Crippen LogP contribution in [0.5, 0.6) is 0 Å². The Morgan fingerprint density at radius 2 is 1.78 bits per heavy atom. The van der Waals surface area contributed by atoms with Gasteiger partial charge < -0.3 is 24.4 Å². The van der Waals surface area contributed by atoms with E-state index in [1.807, 2.05) is 18.3 Å². The summed E-state index contributed by atoms with van der Waals surface area (Å²) < 4.78 is 7.73. The summed E-state index contributed by atoms with van der Waals surface area (Å²) >= 11 is 5.85. The van der Waals surface area contributed by atoms with Crippen LogP contribution in [0.15, 0.2) is 67.1 Å². The summed E-state index contributed by atoms with van der Waals surface area (Å²) in [6.45, 7) is 7.80. The van der Waals surface area contributed by atoms with Crippen molar-refractivity contribution in [2.45, 2.75) is 32.0 Å². The van der Waals surface area contributed by atoms with Crippen molar-refractivity contribution in [3.05, 3.63) is 78.4 Å². The number of nitrogens with one attached hydrogen (secondary N) is 1. The molecule has 2 fully saturated rings. The van der Waals surface area contributed by atoms with Gasteiger partial charge in [0.15, 0.2) is 5.11 Å². The van der Waals surface area contributed by atoms with Crippen molar-refractivity contribution >= 4 is 28.7 Å². The molecule has 2 aliphatic rings. The van der Waals surface area contributed by atoms with Gasteiger partial charge in [-0.3, -0.25) is 4.98 Å². The molecular weight excluding hydrogens is 418 g/mol. The first-order valence-corrected chi connectivity index (χ1v) is 11.6. The number of rotatable bonds is 5. The van der Waals surface area contributed by atoms with Crippen molar-refractivity contribution in [2.75, 3.05) is 36.1 Å². The van der Waals surface area contributed by atoms with Gasteiger partial charge >= 0.3 is 0 Å². The van der Waals surface area contributed by atoms with E-state index in [1.165, 1.54) is 11.3 Å². The standard InChI is InChI=1S/C25H29N5OS/c1-18(2)29-12-10-19(17-29)24-23(22-5-3-4-11-26-22)27-25(32)30(24)21-8-6-20(7-9-21)28-13-15-31-16-14-28/h3-12,17-18,23-24H,13-16H2,1-2H3,(H,27,32). The summed E-state index contributed by atoms with van der Waals surface area (Å²) in [6.07, 6.45) is 6.22. The number of hydrogen-bond donors (Lipinski definition) is 1. The third-order valence-corrected chi connectivity index (χ3v) is 6.59. The van der Waals surface area contributed by atoms with Crippen molar-refractivity contribution in [1.82, 2.24) is 14.9 Å². The monoisotopic (exact) mass is 447 g/mol. The van der Waals surface area contributed by atoms with Crippen LogP contribution in [0.25, 0.3) is 0 Å². The van der Waals surface area contributed by atoms with Crippen LogP contribution in [0.1, 0.15) is 43.2 Å². The molecule has 2 aliphatic heterocycles. The SMILES string of the molecule is CC(C)n1ccc(C2C(c3ccccn3)NC(=S)N2c2ccc(N3CCOCC3)cc2)c1. The first kappa shape index (κ1) is 21.0. The molecule has 0 saturated carbocycles. The number of thiocarbonyl (C=S) groups is 1. The van der Waals surface area contributed by atoms with E-state index in [0.29, 0.717) is 6.04 Å². The van der Waals surface area contributed by atoms with Gasteiger partial charge in [-0.25, -0.2) is 0 Å². The molecular formula is C25H29N5OS. The Morgan fingerprint density at radius 3 is 2.44 bits per heavy atom. The quantitative estimate of drug-likeness (QED) is 0.582. The maximum Gasteiger partial charge on any atom is 0.174 e. The fourth-order valence-electron chi connectivity index (χ4n) is 4.54. The Balaban J connectivity index is 1.50. The zero-order valence-corrected chi connectivity index (χ0v) is 19.3. The molecule has 2 atom stereocenters. The largest absolute Gasteiger partial charge is 0.378 e. The highest BCUT2D eigenvalue weighted by Crippen LogP contribution is 2.42. The molecule has 3 aromatic rings. The van der Waals surface area contributed by atoms with E-state index in [2.05, 4.69) is 87.3 Å². The van der Waals surface area contributed by atoms with Crippen molar-refractivity contribution in [1.29, 1.82) is 0 Å². The first-order chi connectivity index (χ1) is 15.6. The van der Waals surface area contributed by atoms with Gasteiger partial charge in [-0.1, -0.05) is 6.07 Å². The molecule has 2 saturated heterocycles. The molecule has 1 N–H and O–H groups in total. The molecule has 0 aliphatic carbocycles. The number of hydrogen-bond acceptors (Lipinski definition) is 4. The number of ether oxygens (including phenoxy) is 1. The molecule has 2 aromatic heterocycles. The first-order valence-electron chi connectivity index (χ1n) is 11.2. The van der Waals surface area contributed by atoms with Crippen LogP contribution in [-0.4, -0.2) is 41.0 Å². The summed E-state index contributed by atoms with van der Waals surface area (Å²) in [7, 11) is 0. The Labute approximate surface area is 194 Å². The Morgan fingerprint density at radius 1 is 1.03 bits per heavy atom. The Hall–Kier alpha value is -2.90. The molecule has 0 bridgehead atoms. The van der Waals surface area contributed by atoms with Crippen LogP contribution in [0.4, 0.5) is 11.4 Å². The van der Waals surface area contributed by atoms with Gasteiger partial charge in [0.2, 0.25) is 0 Å². The van der Waals surface area contributed by atoms with E-state index in [0.717, 1.165) is 42.8 Å². The lowest BCUT2D eigenvalue weighted by atomic mass is 9.98. The van der Waals surface area contributed by atoms with Gasteiger partial charge in [0.25, 0.3) is 0 Å². The molecule has 5 rings (SSSR count). The number of aromatic nitrogens is 2. The minimum atomic E-state index is -0.0226. The lowest BCUT2D eigenvalue weighted by molar-refractivity contribution is 0.122. The van der Waals surface area contributed by atoms with E-state index < -0.39 is 0 Å². The van der Waals surface area contributed by atoms with Crippen molar-refractivity contribution in [2.24, 2.45) is 0 Å². The van der Waals surface area contributed by atoms with Crippen LogP contribution >= 0.6 is 12.2 Å². The van der Waals surface area contributed by atoms with Crippen LogP contribution in [0.2, 0.25) is 0 Å². The molecule has 0 amide bonds. The van der Waals surface area contributed by atoms with Gasteiger partial charge in [-0.05, 0) is 74.1 Å². The zero-order valence-electron chi connectivity index (χ0n) is 18.5. The van der Waals surface area contributed by atoms with E-state index in [4.69, 9.17) is 17.0 Å². The van der Waals surface area contributed by atoms with Gasteiger partial charge in [0.1, 0.15) is 0 Å². The predicted octanol–water partition coefficient (Wildman–Crippen LogP) is 4.48. The molecule has 7 heteroatoms. The average molecular weight is 448 g/mol. The fourth-order valence-corrected chi connectivity index (χ4v) is 4.89. The summed E-state index contributed by atoms with van der Waals surface area (Å²) in [5.74, 6) is 0. The summed E-state index contributed by atoms with van der Waals surface area (Å²) in [5, 5.41) is 4.27. The normalized spacial score (nSPS) is 21.3. The minimum absolute atomic E-state index is 0.0200. The summed E-state index contributed by atoms with van der Waals surface area (Å²) in [6, 6.07) is 17.4. The van der Waals surface area contributed by atoms with Crippen LogP contribution in [0.3, 0.4) is 0 Å². The van der Waals surface area contributed by atoms with Gasteiger partial charge in [0, 0.05) is 49.1 Å².